The third kappa shape index (κ3) is 5.15. The molecule has 2 aromatic heterocycles. The predicted octanol–water partition coefficient (Wildman–Crippen LogP) is 4.75. The summed E-state index contributed by atoms with van der Waals surface area (Å²) in [6.45, 7) is 0.221. The van der Waals surface area contributed by atoms with Crippen LogP contribution in [-0.4, -0.2) is 43.3 Å². The highest BCUT2D eigenvalue weighted by atomic mass is 19.1. The van der Waals surface area contributed by atoms with Crippen LogP contribution in [0.4, 0.5) is 22.0 Å². The number of nitrogens with one attached hydrogen (secondary N) is 2. The van der Waals surface area contributed by atoms with Crippen molar-refractivity contribution in [1.82, 2.24) is 19.5 Å². The molecule has 2 aliphatic rings. The molecule has 184 valence electrons. The number of rotatable bonds is 6. The molecule has 8 nitrogen and oxygen atoms in total. The van der Waals surface area contributed by atoms with Crippen molar-refractivity contribution < 1.29 is 9.50 Å². The van der Waals surface area contributed by atoms with Crippen molar-refractivity contribution in [1.29, 1.82) is 0 Å². The quantitative estimate of drug-likeness (QED) is 0.412. The van der Waals surface area contributed by atoms with E-state index in [-0.39, 0.29) is 31.9 Å². The van der Waals surface area contributed by atoms with Gasteiger partial charge in [-0.05, 0) is 69.4 Å². The molecule has 9 heteroatoms. The number of aromatic nitrogens is 4. The van der Waals surface area contributed by atoms with E-state index >= 15 is 0 Å². The molecule has 3 aromatic rings. The van der Waals surface area contributed by atoms with Gasteiger partial charge in [-0.1, -0.05) is 19.6 Å². The Morgan fingerprint density at radius 1 is 1.03 bits per heavy atom. The van der Waals surface area contributed by atoms with Crippen molar-refractivity contribution in [3.8, 4) is 0 Å². The van der Waals surface area contributed by atoms with E-state index in [0.29, 0.717) is 35.1 Å². The van der Waals surface area contributed by atoms with Gasteiger partial charge in [0.1, 0.15) is 11.3 Å². The van der Waals surface area contributed by atoms with Gasteiger partial charge in [0.15, 0.2) is 5.65 Å². The highest BCUT2D eigenvalue weighted by molar-refractivity contribution is 5.76. The molecule has 0 saturated heterocycles. The lowest BCUT2D eigenvalue weighted by Gasteiger charge is -2.29. The molecule has 2 heterocycles. The number of para-hydroxylation sites is 1. The Morgan fingerprint density at radius 2 is 1.76 bits per heavy atom. The van der Waals surface area contributed by atoms with Gasteiger partial charge in [-0.2, -0.15) is 4.98 Å². The second kappa shape index (κ2) is 10.7. The fourth-order valence-electron chi connectivity index (χ4n) is 5.11. The molecular weight excluding hydrogens is 433 g/mol. The number of nitrogens with two attached hydrogens (primary N) is 1. The minimum absolute atomic E-state index is 0. The Labute approximate surface area is 200 Å². The van der Waals surface area contributed by atoms with Crippen LogP contribution in [0, 0.1) is 11.7 Å². The Bertz CT molecular complexity index is 1090. The zero-order chi connectivity index (χ0) is 22.8. The summed E-state index contributed by atoms with van der Waals surface area (Å²) < 4.78 is 16.5. The maximum absolute atomic E-state index is 14.4. The lowest BCUT2D eigenvalue weighted by molar-refractivity contribution is 0.170. The van der Waals surface area contributed by atoms with Crippen molar-refractivity contribution in [2.45, 2.75) is 76.9 Å². The molecule has 0 atom stereocenters. The molecule has 2 fully saturated rings. The molecule has 0 radical (unpaired) electrons. The highest BCUT2D eigenvalue weighted by Crippen LogP contribution is 2.37. The van der Waals surface area contributed by atoms with Gasteiger partial charge < -0.3 is 21.5 Å². The first-order chi connectivity index (χ1) is 16.1. The molecule has 2 aliphatic carbocycles. The zero-order valence-electron chi connectivity index (χ0n) is 18.8. The minimum Gasteiger partial charge on any atom is -0.396 e. The first-order valence-corrected chi connectivity index (χ1v) is 12.0. The number of aliphatic hydroxyl groups excluding tert-OH is 1. The summed E-state index contributed by atoms with van der Waals surface area (Å²) in [5, 5.41) is 16.2. The molecule has 0 unspecified atom stereocenters. The van der Waals surface area contributed by atoms with Crippen LogP contribution in [0.15, 0.2) is 30.5 Å². The maximum atomic E-state index is 14.4. The zero-order valence-corrected chi connectivity index (χ0v) is 18.8. The largest absolute Gasteiger partial charge is 0.396 e. The molecule has 0 bridgehead atoms. The Hall–Kier alpha value is -2.78. The average molecular weight is 470 g/mol. The van der Waals surface area contributed by atoms with Crippen LogP contribution in [0.2, 0.25) is 0 Å². The summed E-state index contributed by atoms with van der Waals surface area (Å²) in [6, 6.07) is 7.36. The van der Waals surface area contributed by atoms with Crippen LogP contribution in [0.25, 0.3) is 11.2 Å². The second-order valence-corrected chi connectivity index (χ2v) is 9.43. The van der Waals surface area contributed by atoms with Gasteiger partial charge in [-0.15, -0.1) is 0 Å². The standard InChI is InChI=1S/C24H32FN7O.CH4/c25-19-3-1-2-4-20(19)29-24-30-21-13-27-23(28-17-9-7-16(26)8-10-17)31-22(21)32(24)18-11-5-15(14-33)6-12-18;/h1-4,13,15-18,33H,5-12,14,26H2,(H,29,30)(H,27,28,31);1H4. The number of nitrogens with zero attached hydrogens (tertiary/aromatic N) is 4. The van der Waals surface area contributed by atoms with E-state index in [0.717, 1.165) is 57.0 Å². The van der Waals surface area contributed by atoms with Crippen LogP contribution in [0.1, 0.15) is 64.8 Å². The van der Waals surface area contributed by atoms with Gasteiger partial charge in [0.25, 0.3) is 0 Å². The minimum atomic E-state index is -0.330. The molecule has 0 spiro atoms. The number of hydrogen-bond acceptors (Lipinski definition) is 7. The Balaban J connectivity index is 0.00000274. The van der Waals surface area contributed by atoms with Crippen molar-refractivity contribution in [3.05, 3.63) is 36.3 Å². The van der Waals surface area contributed by atoms with Gasteiger partial charge in [-0.25, -0.2) is 14.4 Å². The SMILES string of the molecule is C.NC1CCC(Nc2ncc3nc(Nc4ccccc4F)n(C4CCC(CO)CC4)c3n2)CC1. The number of fused-ring (bicyclic) bond motifs is 1. The third-order valence-corrected chi connectivity index (χ3v) is 7.10. The van der Waals surface area contributed by atoms with Crippen LogP contribution < -0.4 is 16.4 Å². The van der Waals surface area contributed by atoms with E-state index in [2.05, 4.69) is 20.2 Å². The van der Waals surface area contributed by atoms with Crippen molar-refractivity contribution >= 4 is 28.7 Å². The van der Waals surface area contributed by atoms with E-state index in [4.69, 9.17) is 15.7 Å². The lowest BCUT2D eigenvalue weighted by Crippen LogP contribution is -2.33. The number of halogens is 1. The molecule has 5 N–H and O–H groups in total. The molecule has 2 saturated carbocycles. The fourth-order valence-corrected chi connectivity index (χ4v) is 5.11. The first kappa shape index (κ1) is 24.3. The number of benzene rings is 1. The second-order valence-electron chi connectivity index (χ2n) is 9.43. The summed E-state index contributed by atoms with van der Waals surface area (Å²) in [6.07, 6.45) is 9.47. The van der Waals surface area contributed by atoms with Crippen LogP contribution in [0.3, 0.4) is 0 Å². The maximum Gasteiger partial charge on any atom is 0.224 e. The van der Waals surface area contributed by atoms with Gasteiger partial charge in [0, 0.05) is 24.7 Å². The van der Waals surface area contributed by atoms with Gasteiger partial charge in [0.2, 0.25) is 11.9 Å². The Kier molecular flexibility index (Phi) is 7.63. The fraction of sp³-hybridized carbons (Fsp3) is 0.560. The molecule has 34 heavy (non-hydrogen) atoms. The summed E-state index contributed by atoms with van der Waals surface area (Å²) in [5.41, 5.74) is 7.84. The molecule has 0 aliphatic heterocycles. The smallest absolute Gasteiger partial charge is 0.224 e. The van der Waals surface area contributed by atoms with Crippen molar-refractivity contribution in [2.24, 2.45) is 11.7 Å². The average Bonchev–Trinajstić information content (AvgIpc) is 3.19. The van der Waals surface area contributed by atoms with Crippen molar-refractivity contribution in [2.75, 3.05) is 17.2 Å². The molecular formula is C25H36FN7O. The van der Waals surface area contributed by atoms with Gasteiger partial charge in [0.05, 0.1) is 11.9 Å². The van der Waals surface area contributed by atoms with E-state index in [1.807, 2.05) is 0 Å². The first-order valence-electron chi connectivity index (χ1n) is 12.0. The number of imidazole rings is 1. The van der Waals surface area contributed by atoms with Gasteiger partial charge >= 0.3 is 0 Å². The summed E-state index contributed by atoms with van der Waals surface area (Å²) >= 11 is 0. The summed E-state index contributed by atoms with van der Waals surface area (Å²) in [4.78, 5) is 14.1. The van der Waals surface area contributed by atoms with Crippen LogP contribution in [-0.2, 0) is 0 Å². The number of anilines is 3. The van der Waals surface area contributed by atoms with Crippen molar-refractivity contribution in [3.63, 3.8) is 0 Å². The Morgan fingerprint density at radius 3 is 2.47 bits per heavy atom. The normalized spacial score (nSPS) is 25.0. The monoisotopic (exact) mass is 469 g/mol. The third-order valence-electron chi connectivity index (χ3n) is 7.10. The lowest BCUT2D eigenvalue weighted by atomic mass is 9.86. The highest BCUT2D eigenvalue weighted by Gasteiger charge is 2.27. The van der Waals surface area contributed by atoms with E-state index < -0.39 is 0 Å². The topological polar surface area (TPSA) is 114 Å². The van der Waals surface area contributed by atoms with E-state index in [1.165, 1.54) is 6.07 Å². The van der Waals surface area contributed by atoms with Crippen LogP contribution in [0.5, 0.6) is 0 Å². The molecule has 1 aromatic carbocycles. The van der Waals surface area contributed by atoms with Gasteiger partial charge in [-0.3, -0.25) is 4.57 Å². The summed E-state index contributed by atoms with van der Waals surface area (Å²) in [5.74, 6) is 1.16. The number of hydrogen-bond donors (Lipinski definition) is 4. The van der Waals surface area contributed by atoms with E-state index in [9.17, 15) is 9.50 Å². The predicted molar refractivity (Wildman–Crippen MR) is 134 cm³/mol. The molecule has 5 rings (SSSR count). The summed E-state index contributed by atoms with van der Waals surface area (Å²) in [7, 11) is 0. The molecule has 0 amide bonds. The van der Waals surface area contributed by atoms with E-state index in [1.54, 1.807) is 24.4 Å². The number of aliphatic hydroxyl groups is 1. The van der Waals surface area contributed by atoms with Crippen LogP contribution >= 0.6 is 0 Å².